The lowest BCUT2D eigenvalue weighted by molar-refractivity contribution is -0.137. The Morgan fingerprint density at radius 3 is 2.31 bits per heavy atom. The van der Waals surface area contributed by atoms with Gasteiger partial charge >= 0.3 is 5.97 Å². The van der Waals surface area contributed by atoms with Crippen molar-refractivity contribution < 1.29 is 14.7 Å². The molecule has 4 heteroatoms. The van der Waals surface area contributed by atoms with Crippen molar-refractivity contribution in [1.29, 1.82) is 0 Å². The third-order valence-corrected chi connectivity index (χ3v) is 1.94. The second kappa shape index (κ2) is 6.30. The van der Waals surface area contributed by atoms with E-state index < -0.39 is 5.97 Å². The highest BCUT2D eigenvalue weighted by atomic mass is 16.4. The first-order chi connectivity index (χ1) is 7.24. The summed E-state index contributed by atoms with van der Waals surface area (Å²) >= 11 is 0. The molecule has 4 nitrogen and oxygen atoms in total. The normalized spacial score (nSPS) is 13.8. The molecule has 92 valence electrons. The lowest BCUT2D eigenvalue weighted by atomic mass is 9.87. The number of rotatable bonds is 5. The molecule has 0 saturated heterocycles. The van der Waals surface area contributed by atoms with E-state index >= 15 is 0 Å². The molecular formula is C12H21NO3. The van der Waals surface area contributed by atoms with Crippen LogP contribution in [0.5, 0.6) is 0 Å². The van der Waals surface area contributed by atoms with Crippen molar-refractivity contribution in [2.75, 3.05) is 0 Å². The summed E-state index contributed by atoms with van der Waals surface area (Å²) in [4.78, 5) is 22.0. The number of hydrogen-bond acceptors (Lipinski definition) is 2. The van der Waals surface area contributed by atoms with Gasteiger partial charge in [0.2, 0.25) is 5.91 Å². The molecule has 0 spiro atoms. The van der Waals surface area contributed by atoms with Crippen LogP contribution in [0.1, 0.15) is 40.5 Å². The number of hydrogen-bond donors (Lipinski definition) is 2. The first-order valence-electron chi connectivity index (χ1n) is 5.39. The van der Waals surface area contributed by atoms with Crippen LogP contribution in [0.3, 0.4) is 0 Å². The predicted molar refractivity (Wildman–Crippen MR) is 63.1 cm³/mol. The SMILES string of the molecule is C/C=C/C(=O)NC(CC(=O)O)CC(C)(C)C. The minimum Gasteiger partial charge on any atom is -0.481 e. The number of allylic oxidation sites excluding steroid dienone is 1. The summed E-state index contributed by atoms with van der Waals surface area (Å²) in [7, 11) is 0. The van der Waals surface area contributed by atoms with E-state index in [2.05, 4.69) is 5.32 Å². The molecule has 0 radical (unpaired) electrons. The highest BCUT2D eigenvalue weighted by molar-refractivity contribution is 5.87. The van der Waals surface area contributed by atoms with Crippen molar-refractivity contribution in [1.82, 2.24) is 5.32 Å². The maximum atomic E-state index is 11.3. The molecule has 0 fully saturated rings. The number of carboxylic acids is 1. The summed E-state index contributed by atoms with van der Waals surface area (Å²) < 4.78 is 0. The molecule has 0 aromatic rings. The van der Waals surface area contributed by atoms with E-state index in [0.717, 1.165) is 0 Å². The lowest BCUT2D eigenvalue weighted by Gasteiger charge is -2.25. The van der Waals surface area contributed by atoms with Crippen LogP contribution in [0.15, 0.2) is 12.2 Å². The lowest BCUT2D eigenvalue weighted by Crippen LogP contribution is -2.38. The molecule has 0 aliphatic carbocycles. The van der Waals surface area contributed by atoms with Crippen molar-refractivity contribution in [3.8, 4) is 0 Å². The smallest absolute Gasteiger partial charge is 0.305 e. The zero-order valence-electron chi connectivity index (χ0n) is 10.4. The third kappa shape index (κ3) is 8.03. The average molecular weight is 227 g/mol. The molecular weight excluding hydrogens is 206 g/mol. The van der Waals surface area contributed by atoms with Crippen LogP contribution in [0, 0.1) is 5.41 Å². The minimum absolute atomic E-state index is 0.0106. The van der Waals surface area contributed by atoms with Crippen molar-refractivity contribution in [2.24, 2.45) is 5.41 Å². The van der Waals surface area contributed by atoms with Crippen LogP contribution in [0.4, 0.5) is 0 Å². The Morgan fingerprint density at radius 2 is 1.94 bits per heavy atom. The number of amides is 1. The van der Waals surface area contributed by atoms with E-state index in [1.165, 1.54) is 6.08 Å². The van der Waals surface area contributed by atoms with E-state index in [0.29, 0.717) is 6.42 Å². The van der Waals surface area contributed by atoms with E-state index in [-0.39, 0.29) is 23.8 Å². The molecule has 0 heterocycles. The number of nitrogens with one attached hydrogen (secondary N) is 1. The van der Waals surface area contributed by atoms with Crippen molar-refractivity contribution in [2.45, 2.75) is 46.6 Å². The van der Waals surface area contributed by atoms with E-state index in [4.69, 9.17) is 5.11 Å². The molecule has 0 bridgehead atoms. The zero-order chi connectivity index (χ0) is 12.8. The molecule has 0 aromatic heterocycles. The highest BCUT2D eigenvalue weighted by Crippen LogP contribution is 2.22. The Bertz CT molecular complexity index is 276. The zero-order valence-corrected chi connectivity index (χ0v) is 10.4. The number of aliphatic carboxylic acids is 1. The van der Waals surface area contributed by atoms with Gasteiger partial charge in [0, 0.05) is 6.04 Å². The molecule has 0 aromatic carbocycles. The van der Waals surface area contributed by atoms with Gasteiger partial charge < -0.3 is 10.4 Å². The molecule has 1 amide bonds. The molecule has 2 N–H and O–H groups in total. The fourth-order valence-corrected chi connectivity index (χ4v) is 1.52. The Morgan fingerprint density at radius 1 is 1.38 bits per heavy atom. The predicted octanol–water partition coefficient (Wildman–Crippen LogP) is 1.96. The standard InChI is InChI=1S/C12H21NO3/c1-5-6-10(14)13-9(7-11(15)16)8-12(2,3)4/h5-6,9H,7-8H2,1-4H3,(H,13,14)(H,15,16)/b6-5+. The van der Waals surface area contributed by atoms with E-state index in [1.807, 2.05) is 20.8 Å². The quantitative estimate of drug-likeness (QED) is 0.705. The summed E-state index contributed by atoms with van der Waals surface area (Å²) in [6.45, 7) is 7.80. The molecule has 0 aliphatic rings. The van der Waals surface area contributed by atoms with Gasteiger partial charge in [-0.25, -0.2) is 0 Å². The summed E-state index contributed by atoms with van der Waals surface area (Å²) in [6.07, 6.45) is 3.63. The van der Waals surface area contributed by atoms with Gasteiger partial charge in [-0.15, -0.1) is 0 Å². The van der Waals surface area contributed by atoms with E-state index in [1.54, 1.807) is 13.0 Å². The second-order valence-electron chi connectivity index (χ2n) is 5.07. The maximum absolute atomic E-state index is 11.3. The molecule has 16 heavy (non-hydrogen) atoms. The first-order valence-corrected chi connectivity index (χ1v) is 5.39. The Kier molecular flexibility index (Phi) is 5.78. The van der Waals surface area contributed by atoms with Gasteiger partial charge in [0.05, 0.1) is 6.42 Å². The number of carboxylic acid groups (broad SMARTS) is 1. The molecule has 1 atom stereocenters. The summed E-state index contributed by atoms with van der Waals surface area (Å²) in [5.41, 5.74) is -0.0106. The number of carbonyl (C=O) groups excluding carboxylic acids is 1. The van der Waals surface area contributed by atoms with Crippen LogP contribution < -0.4 is 5.32 Å². The van der Waals surface area contributed by atoms with Gasteiger partial charge in [-0.2, -0.15) is 0 Å². The highest BCUT2D eigenvalue weighted by Gasteiger charge is 2.21. The summed E-state index contributed by atoms with van der Waals surface area (Å²) in [5, 5.41) is 11.5. The van der Waals surface area contributed by atoms with E-state index in [9.17, 15) is 9.59 Å². The van der Waals surface area contributed by atoms with Gasteiger partial charge in [0.15, 0.2) is 0 Å². The van der Waals surface area contributed by atoms with Gasteiger partial charge in [0.1, 0.15) is 0 Å². The second-order valence-corrected chi connectivity index (χ2v) is 5.07. The van der Waals surface area contributed by atoms with Crippen LogP contribution >= 0.6 is 0 Å². The Hall–Kier alpha value is -1.32. The Balaban J connectivity index is 4.43. The van der Waals surface area contributed by atoms with Crippen molar-refractivity contribution in [3.05, 3.63) is 12.2 Å². The Labute approximate surface area is 96.7 Å². The molecule has 0 aliphatic heterocycles. The summed E-state index contributed by atoms with van der Waals surface area (Å²) in [6, 6.07) is -0.318. The molecule has 0 saturated carbocycles. The largest absolute Gasteiger partial charge is 0.481 e. The topological polar surface area (TPSA) is 66.4 Å². The monoisotopic (exact) mass is 227 g/mol. The van der Waals surface area contributed by atoms with Gasteiger partial charge in [-0.1, -0.05) is 26.8 Å². The van der Waals surface area contributed by atoms with Gasteiger partial charge in [-0.05, 0) is 24.8 Å². The maximum Gasteiger partial charge on any atom is 0.305 e. The van der Waals surface area contributed by atoms with Crippen LogP contribution in [0.25, 0.3) is 0 Å². The van der Waals surface area contributed by atoms with Crippen LogP contribution in [0.2, 0.25) is 0 Å². The third-order valence-electron chi connectivity index (χ3n) is 1.94. The minimum atomic E-state index is -0.893. The fraction of sp³-hybridized carbons (Fsp3) is 0.667. The van der Waals surface area contributed by atoms with Gasteiger partial charge in [0.25, 0.3) is 0 Å². The van der Waals surface area contributed by atoms with Crippen LogP contribution in [-0.4, -0.2) is 23.0 Å². The fourth-order valence-electron chi connectivity index (χ4n) is 1.52. The van der Waals surface area contributed by atoms with Gasteiger partial charge in [-0.3, -0.25) is 9.59 Å². The average Bonchev–Trinajstić information content (AvgIpc) is 1.98. The first kappa shape index (κ1) is 14.7. The number of carbonyl (C=O) groups is 2. The van der Waals surface area contributed by atoms with Crippen LogP contribution in [-0.2, 0) is 9.59 Å². The van der Waals surface area contributed by atoms with Crippen molar-refractivity contribution >= 4 is 11.9 Å². The summed E-state index contributed by atoms with van der Waals surface area (Å²) in [5.74, 6) is -1.13. The molecule has 1 unspecified atom stereocenters. The van der Waals surface area contributed by atoms with Crippen molar-refractivity contribution in [3.63, 3.8) is 0 Å². The molecule has 0 rings (SSSR count).